The molecule has 5 aliphatic rings. The van der Waals surface area contributed by atoms with Gasteiger partial charge >= 0.3 is 5.97 Å². The Morgan fingerprint density at radius 2 is 1.28 bits per heavy atom. The van der Waals surface area contributed by atoms with Gasteiger partial charge in [-0.25, -0.2) is 4.79 Å². The Balaban J connectivity index is 0.000000185. The van der Waals surface area contributed by atoms with E-state index < -0.39 is 72.0 Å². The van der Waals surface area contributed by atoms with E-state index in [1.165, 1.54) is 30.6 Å². The van der Waals surface area contributed by atoms with Crippen LogP contribution in [0.1, 0.15) is 50.9 Å². The molecule has 7 rings (SSSR count). The number of carbonyl (C=O) groups excluding carboxylic acids is 1. The third-order valence-electron chi connectivity index (χ3n) is 11.0. The minimum Gasteiger partial charge on any atom is -0.467 e. The van der Waals surface area contributed by atoms with Crippen LogP contribution < -0.4 is 0 Å². The predicted octanol–water partition coefficient (Wildman–Crippen LogP) is 6.08. The minimum atomic E-state index is -0.929. The number of methoxy groups -OCH3 is 1. The lowest BCUT2D eigenvalue weighted by atomic mass is 9.85. The quantitative estimate of drug-likeness (QED) is 0.119. The van der Waals surface area contributed by atoms with Gasteiger partial charge in [0.25, 0.3) is 0 Å². The Labute approximate surface area is 358 Å². The Hall–Kier alpha value is -3.17. The molecule has 2 aromatic carbocycles. The van der Waals surface area contributed by atoms with E-state index >= 15 is 0 Å². The van der Waals surface area contributed by atoms with Crippen LogP contribution in [0.25, 0.3) is 20.9 Å². The lowest BCUT2D eigenvalue weighted by molar-refractivity contribution is -0.309. The van der Waals surface area contributed by atoms with Crippen molar-refractivity contribution in [3.8, 4) is 0 Å². The molecule has 0 radical (unpaired) electrons. The van der Waals surface area contributed by atoms with Gasteiger partial charge < -0.3 is 52.8 Å². The molecule has 5 fully saturated rings. The Morgan fingerprint density at radius 1 is 0.767 bits per heavy atom. The Kier molecular flexibility index (Phi) is 19.1. The highest BCUT2D eigenvalue weighted by Gasteiger charge is 2.51. The number of rotatable bonds is 10. The van der Waals surface area contributed by atoms with Gasteiger partial charge in [-0.15, -0.1) is 23.5 Å². The van der Waals surface area contributed by atoms with E-state index in [0.717, 1.165) is 24.2 Å². The number of benzene rings is 2. The van der Waals surface area contributed by atoms with E-state index in [0.29, 0.717) is 25.0 Å². The largest absolute Gasteiger partial charge is 0.467 e. The van der Waals surface area contributed by atoms with Gasteiger partial charge in [0.15, 0.2) is 12.6 Å². The Morgan fingerprint density at radius 3 is 1.80 bits per heavy atom. The van der Waals surface area contributed by atoms with Crippen molar-refractivity contribution in [2.24, 2.45) is 22.1 Å². The first-order chi connectivity index (χ1) is 29.1. The summed E-state index contributed by atoms with van der Waals surface area (Å²) in [6.07, 6.45) is -0.278. The second-order valence-electron chi connectivity index (χ2n) is 14.8. The van der Waals surface area contributed by atoms with Crippen LogP contribution in [0, 0.1) is 11.8 Å². The monoisotopic (exact) mass is 876 g/mol. The highest BCUT2D eigenvalue weighted by Crippen LogP contribution is 2.40. The number of nitrogens with zero attached hydrogens (tertiary/aromatic N) is 6. The molecule has 0 aromatic heterocycles. The molecular formula is C40H56N6O12S2. The van der Waals surface area contributed by atoms with E-state index in [4.69, 9.17) is 49.0 Å². The highest BCUT2D eigenvalue weighted by atomic mass is 32.2. The lowest BCUT2D eigenvalue weighted by Gasteiger charge is -2.47. The number of thioether (sulfide) groups is 2. The van der Waals surface area contributed by atoms with Gasteiger partial charge in [0.2, 0.25) is 0 Å². The van der Waals surface area contributed by atoms with Crippen molar-refractivity contribution in [1.29, 1.82) is 0 Å². The fraction of sp³-hybridized carbons (Fsp3) is 0.675. The molecule has 2 N–H and O–H groups in total. The maximum atomic E-state index is 11.6. The first kappa shape index (κ1) is 47.9. The van der Waals surface area contributed by atoms with Crippen LogP contribution in [-0.4, -0.2) is 134 Å². The molecule has 0 spiro atoms. The standard InChI is InChI=1S/C17H21N3O6S.C14H17N3O4S.C9H18O2/c1-22-12(21)9-23-15-13(19-20-18)17(27-2)25-11-8-24-16(26-14(11)15)10-6-4-3-5-7-10;1-22-14-10(16-17-15)11(18)12-9(20-14)7-19-13(21-12)8-5-3-2-4-6-8;1-4-8-9(10)7(3)6(2)5-11-8/h3-7,11,13-17H,8-9H2,1-2H3;2-6,9-14,18H,7H2,1H3;6-10H,4-5H2,1-3H3/t11?,13?,14-,15-,16?,17+;9?,10?,11-,12-,13?,14+;6?,7-,8?,9+/m111/s1. The molecule has 0 saturated carbocycles. The molecule has 5 saturated heterocycles. The van der Waals surface area contributed by atoms with Crippen LogP contribution in [-0.2, 0) is 47.4 Å². The molecule has 2 aromatic rings. The maximum absolute atomic E-state index is 11.6. The number of carbonyl (C=O) groups is 1. The first-order valence-corrected chi connectivity index (χ1v) is 22.4. The summed E-state index contributed by atoms with van der Waals surface area (Å²) >= 11 is 2.79. The molecule has 18 nitrogen and oxygen atoms in total. The van der Waals surface area contributed by atoms with Crippen molar-refractivity contribution in [2.75, 3.05) is 46.0 Å². The summed E-state index contributed by atoms with van der Waals surface area (Å²) in [5, 5.41) is 27.7. The van der Waals surface area contributed by atoms with Gasteiger partial charge in [-0.3, -0.25) is 0 Å². The van der Waals surface area contributed by atoms with Gasteiger partial charge in [-0.1, -0.05) is 91.7 Å². The third-order valence-corrected chi connectivity index (χ3v) is 12.7. The molecule has 5 aliphatic heterocycles. The van der Waals surface area contributed by atoms with Crippen LogP contribution in [0.5, 0.6) is 0 Å². The van der Waals surface area contributed by atoms with Crippen molar-refractivity contribution < 1.29 is 57.6 Å². The zero-order valence-corrected chi connectivity index (χ0v) is 36.2. The first-order valence-electron chi connectivity index (χ1n) is 19.8. The lowest BCUT2D eigenvalue weighted by Crippen LogP contribution is -2.61. The van der Waals surface area contributed by atoms with E-state index in [2.05, 4.69) is 45.6 Å². The van der Waals surface area contributed by atoms with E-state index in [1.54, 1.807) is 0 Å². The third kappa shape index (κ3) is 12.0. The number of ether oxygens (including phenoxy) is 9. The second-order valence-corrected chi connectivity index (χ2v) is 16.6. The number of hydrogen-bond donors (Lipinski definition) is 2. The van der Waals surface area contributed by atoms with Crippen molar-refractivity contribution in [1.82, 2.24) is 0 Å². The predicted molar refractivity (Wildman–Crippen MR) is 222 cm³/mol. The molecule has 0 bridgehead atoms. The van der Waals surface area contributed by atoms with Gasteiger partial charge in [-0.05, 0) is 41.8 Å². The van der Waals surface area contributed by atoms with E-state index in [1.807, 2.05) is 73.2 Å². The van der Waals surface area contributed by atoms with Crippen LogP contribution in [0.3, 0.4) is 0 Å². The highest BCUT2D eigenvalue weighted by molar-refractivity contribution is 7.99. The average molecular weight is 877 g/mol. The number of fused-ring (bicyclic) bond motifs is 2. The van der Waals surface area contributed by atoms with Gasteiger partial charge in [-0.2, -0.15) is 0 Å². The van der Waals surface area contributed by atoms with Crippen molar-refractivity contribution >= 4 is 29.5 Å². The summed E-state index contributed by atoms with van der Waals surface area (Å²) in [7, 11) is 1.28. The van der Waals surface area contributed by atoms with Gasteiger partial charge in [0.05, 0.1) is 44.7 Å². The number of aliphatic hydroxyl groups is 2. The fourth-order valence-corrected chi connectivity index (χ4v) is 8.92. The second kappa shape index (κ2) is 23.9. The minimum absolute atomic E-state index is 0.0706. The SMILES string of the molecule is CCC1OCC(C)[C@@H](C)[C@@H]1O.COC(=O)CO[C@@H]1C(N=[N+]=[N-])[C@H](SC)OC2COC(c3ccccc3)O[C@H]21.CS[C@@H]1OC2COC(c3ccccc3)O[C@H]2[C@H](O)C1N=[N+]=[N-]. The summed E-state index contributed by atoms with van der Waals surface area (Å²) in [5.74, 6) is 0.353. The van der Waals surface area contributed by atoms with Crippen LogP contribution in [0.15, 0.2) is 70.9 Å². The van der Waals surface area contributed by atoms with Gasteiger partial charge in [0, 0.05) is 27.6 Å². The molecule has 0 aliphatic carbocycles. The molecule has 20 heteroatoms. The fourth-order valence-electron chi connectivity index (χ4n) is 7.43. The van der Waals surface area contributed by atoms with Crippen LogP contribution >= 0.6 is 23.5 Å². The zero-order valence-electron chi connectivity index (χ0n) is 34.5. The summed E-state index contributed by atoms with van der Waals surface area (Å²) in [6, 6.07) is 17.6. The molecule has 330 valence electrons. The molecule has 5 heterocycles. The van der Waals surface area contributed by atoms with Crippen LogP contribution in [0.4, 0.5) is 0 Å². The average Bonchev–Trinajstić information content (AvgIpc) is 3.29. The summed E-state index contributed by atoms with van der Waals surface area (Å²) in [5.41, 5.74) is 18.6. The molecule has 0 amide bonds. The number of azide groups is 2. The normalized spacial score (nSPS) is 37.1. The molecular weight excluding hydrogens is 821 g/mol. The van der Waals surface area contributed by atoms with Crippen LogP contribution in [0.2, 0.25) is 0 Å². The molecule has 16 atom stereocenters. The van der Waals surface area contributed by atoms with E-state index in [9.17, 15) is 15.0 Å². The number of hydrogen-bond acceptors (Lipinski definition) is 16. The van der Waals surface area contributed by atoms with Crippen molar-refractivity contribution in [3.05, 3.63) is 92.7 Å². The molecule has 8 unspecified atom stereocenters. The smallest absolute Gasteiger partial charge is 0.331 e. The van der Waals surface area contributed by atoms with Crippen molar-refractivity contribution in [2.45, 2.75) is 112 Å². The zero-order chi connectivity index (χ0) is 43.2. The molecule has 60 heavy (non-hydrogen) atoms. The summed E-state index contributed by atoms with van der Waals surface area (Å²) in [6.45, 7) is 7.42. The maximum Gasteiger partial charge on any atom is 0.331 e. The topological polar surface area (TPSA) is 238 Å². The number of esters is 1. The number of aliphatic hydroxyl groups excluding tert-OH is 2. The van der Waals surface area contributed by atoms with Gasteiger partial charge in [0.1, 0.15) is 54.0 Å². The van der Waals surface area contributed by atoms with E-state index in [-0.39, 0.29) is 24.9 Å². The summed E-state index contributed by atoms with van der Waals surface area (Å²) in [4.78, 5) is 17.3. The Bertz CT molecular complexity index is 1710. The summed E-state index contributed by atoms with van der Waals surface area (Å²) < 4.78 is 51.2. The van der Waals surface area contributed by atoms with Crippen molar-refractivity contribution in [3.63, 3.8) is 0 Å².